The van der Waals surface area contributed by atoms with Crippen LogP contribution in [-0.2, 0) is 10.0 Å². The van der Waals surface area contributed by atoms with E-state index < -0.39 is 21.6 Å². The highest BCUT2D eigenvalue weighted by Gasteiger charge is 2.24. The average Bonchev–Trinajstić information content (AvgIpc) is 2.92. The number of H-pyrrole nitrogens is 1. The van der Waals surface area contributed by atoms with Crippen LogP contribution in [0.2, 0.25) is 0 Å². The van der Waals surface area contributed by atoms with E-state index in [4.69, 9.17) is 9.52 Å². The van der Waals surface area contributed by atoms with E-state index in [0.717, 1.165) is 6.20 Å². The summed E-state index contributed by atoms with van der Waals surface area (Å²) in [6, 6.07) is 8.07. The summed E-state index contributed by atoms with van der Waals surface area (Å²) in [7, 11) is -4.16. The van der Waals surface area contributed by atoms with Crippen molar-refractivity contribution < 1.29 is 17.9 Å². The third-order valence-corrected chi connectivity index (χ3v) is 4.09. The van der Waals surface area contributed by atoms with Crippen molar-refractivity contribution in [3.8, 4) is 5.88 Å². The van der Waals surface area contributed by atoms with E-state index in [1.165, 1.54) is 6.07 Å². The van der Waals surface area contributed by atoms with Gasteiger partial charge < -0.3 is 9.52 Å². The van der Waals surface area contributed by atoms with Gasteiger partial charge in [-0.25, -0.2) is 4.79 Å². The van der Waals surface area contributed by atoms with E-state index in [1.807, 2.05) is 4.98 Å². The predicted molar refractivity (Wildman–Crippen MR) is 65.5 cm³/mol. The fourth-order valence-electron chi connectivity index (χ4n) is 1.73. The van der Waals surface area contributed by atoms with Crippen LogP contribution in [0.1, 0.15) is 0 Å². The van der Waals surface area contributed by atoms with Gasteiger partial charge in [-0.15, -0.1) is 0 Å². The molecule has 7 nitrogen and oxygen atoms in total. The normalized spacial score (nSPS) is 12.0. The van der Waals surface area contributed by atoms with Gasteiger partial charge >= 0.3 is 15.7 Å². The first kappa shape index (κ1) is 11.6. The molecule has 0 saturated carbocycles. The van der Waals surface area contributed by atoms with Crippen LogP contribution in [0.3, 0.4) is 0 Å². The first-order chi connectivity index (χ1) is 8.98. The number of aromatic nitrogens is 2. The second-order valence-corrected chi connectivity index (χ2v) is 5.59. The second kappa shape index (κ2) is 3.75. The molecule has 1 aromatic carbocycles. The van der Waals surface area contributed by atoms with E-state index in [9.17, 15) is 13.2 Å². The molecule has 0 fully saturated rings. The molecule has 2 N–H and O–H groups in total. The number of hydrogen-bond donors (Lipinski definition) is 2. The average molecular weight is 280 g/mol. The van der Waals surface area contributed by atoms with Crippen molar-refractivity contribution in [2.75, 3.05) is 0 Å². The molecule has 0 aliphatic heterocycles. The van der Waals surface area contributed by atoms with E-state index >= 15 is 0 Å². The molecule has 0 bridgehead atoms. The third-order valence-electron chi connectivity index (χ3n) is 2.59. The highest BCUT2D eigenvalue weighted by Crippen LogP contribution is 2.23. The first-order valence-electron chi connectivity index (χ1n) is 5.23. The molecule has 0 saturated heterocycles. The van der Waals surface area contributed by atoms with Crippen LogP contribution in [0.15, 0.2) is 50.8 Å². The number of aromatic amines is 1. The Hall–Kier alpha value is -2.48. The molecule has 3 aromatic rings. The second-order valence-electron chi connectivity index (χ2n) is 3.85. The Balaban J connectivity index is 2.25. The molecule has 0 spiro atoms. The van der Waals surface area contributed by atoms with Crippen molar-refractivity contribution in [1.29, 1.82) is 0 Å². The highest BCUT2D eigenvalue weighted by molar-refractivity contribution is 7.89. The van der Waals surface area contributed by atoms with Gasteiger partial charge in [0.25, 0.3) is 0 Å². The highest BCUT2D eigenvalue weighted by atomic mass is 32.2. The Kier molecular flexibility index (Phi) is 2.29. The molecule has 0 radical (unpaired) electrons. The van der Waals surface area contributed by atoms with Crippen LogP contribution in [0.25, 0.3) is 11.0 Å². The number of rotatable bonds is 2. The van der Waals surface area contributed by atoms with Crippen LogP contribution in [0, 0.1) is 0 Å². The zero-order valence-corrected chi connectivity index (χ0v) is 10.2. The van der Waals surface area contributed by atoms with Gasteiger partial charge in [0.15, 0.2) is 0 Å². The number of aromatic hydroxyl groups is 1. The van der Waals surface area contributed by atoms with Gasteiger partial charge in [0, 0.05) is 11.5 Å². The number of imidazole rings is 1. The van der Waals surface area contributed by atoms with Gasteiger partial charge in [-0.3, -0.25) is 4.98 Å². The Bertz CT molecular complexity index is 883. The lowest BCUT2D eigenvalue weighted by atomic mass is 10.3. The molecule has 19 heavy (non-hydrogen) atoms. The Morgan fingerprint density at radius 1 is 1.26 bits per heavy atom. The van der Waals surface area contributed by atoms with Gasteiger partial charge in [-0.05, 0) is 6.07 Å². The molecule has 0 aliphatic rings. The van der Waals surface area contributed by atoms with Crippen molar-refractivity contribution >= 4 is 21.0 Å². The lowest BCUT2D eigenvalue weighted by molar-refractivity contribution is 0.455. The van der Waals surface area contributed by atoms with Crippen LogP contribution in [0.5, 0.6) is 5.88 Å². The Labute approximate surface area is 106 Å². The Morgan fingerprint density at radius 2 is 2.00 bits per heavy atom. The van der Waals surface area contributed by atoms with Gasteiger partial charge in [-0.2, -0.15) is 12.4 Å². The molecular formula is C11H8N2O5S. The van der Waals surface area contributed by atoms with Crippen LogP contribution >= 0.6 is 0 Å². The summed E-state index contributed by atoms with van der Waals surface area (Å²) in [6.45, 7) is 0. The molecule has 8 heteroatoms. The van der Waals surface area contributed by atoms with E-state index in [0.29, 0.717) is 14.9 Å². The molecule has 0 aliphatic carbocycles. The van der Waals surface area contributed by atoms with E-state index in [1.54, 1.807) is 24.3 Å². The number of para-hydroxylation sites is 1. The molecule has 98 valence electrons. The molecule has 0 atom stereocenters. The van der Waals surface area contributed by atoms with Crippen molar-refractivity contribution in [2.45, 2.75) is 5.09 Å². The van der Waals surface area contributed by atoms with Gasteiger partial charge in [-0.1, -0.05) is 18.2 Å². The lowest BCUT2D eigenvalue weighted by Crippen LogP contribution is -2.24. The number of nitrogens with zero attached hydrogens (tertiary/aromatic N) is 1. The quantitative estimate of drug-likeness (QED) is 0.724. The fraction of sp³-hybridized carbons (Fsp3) is 0. The van der Waals surface area contributed by atoms with Crippen molar-refractivity contribution in [1.82, 2.24) is 8.96 Å². The minimum absolute atomic E-state index is 0.366. The summed E-state index contributed by atoms with van der Waals surface area (Å²) in [5.74, 6) is -0.537. The largest absolute Gasteiger partial charge is 0.493 e. The maximum atomic E-state index is 12.2. The van der Waals surface area contributed by atoms with Gasteiger partial charge in [0.05, 0.1) is 6.20 Å². The van der Waals surface area contributed by atoms with E-state index in [2.05, 4.69) is 0 Å². The zero-order valence-electron chi connectivity index (χ0n) is 9.40. The van der Waals surface area contributed by atoms with E-state index in [-0.39, 0.29) is 5.09 Å². The molecule has 0 unspecified atom stereocenters. The maximum Gasteiger partial charge on any atom is 0.342 e. The maximum absolute atomic E-state index is 12.2. The molecule has 0 amide bonds. The number of benzene rings is 1. The molecular weight excluding hydrogens is 272 g/mol. The van der Waals surface area contributed by atoms with Crippen LogP contribution in [0.4, 0.5) is 0 Å². The topological polar surface area (TPSA) is 105 Å². The summed E-state index contributed by atoms with van der Waals surface area (Å²) in [4.78, 5) is 13.4. The first-order valence-corrected chi connectivity index (χ1v) is 6.67. The summed E-state index contributed by atoms with van der Waals surface area (Å²) < 4.78 is 29.9. The zero-order chi connectivity index (χ0) is 13.6. The number of nitrogens with one attached hydrogen (secondary N) is 1. The smallest absolute Gasteiger partial charge is 0.342 e. The number of fused-ring (bicyclic) bond motifs is 1. The number of furan rings is 1. The molecule has 3 rings (SSSR count). The summed E-state index contributed by atoms with van der Waals surface area (Å²) in [5, 5.41) is 9.35. The molecule has 2 heterocycles. The minimum Gasteiger partial charge on any atom is -0.493 e. The number of hydrogen-bond acceptors (Lipinski definition) is 5. The SMILES string of the molecule is O=c1[nH]c(O)cn1S(=O)(=O)c1cc2ccccc2o1. The van der Waals surface area contributed by atoms with Crippen molar-refractivity contribution in [3.05, 3.63) is 47.0 Å². The van der Waals surface area contributed by atoms with Crippen LogP contribution in [-0.4, -0.2) is 22.5 Å². The monoisotopic (exact) mass is 280 g/mol. The predicted octanol–water partition coefficient (Wildman–Crippen LogP) is 0.865. The molecule has 2 aromatic heterocycles. The van der Waals surface area contributed by atoms with Crippen molar-refractivity contribution in [3.63, 3.8) is 0 Å². The Morgan fingerprint density at radius 3 is 2.63 bits per heavy atom. The van der Waals surface area contributed by atoms with Crippen molar-refractivity contribution in [2.24, 2.45) is 0 Å². The lowest BCUT2D eigenvalue weighted by Gasteiger charge is -1.98. The minimum atomic E-state index is -4.16. The third kappa shape index (κ3) is 1.73. The van der Waals surface area contributed by atoms with Gasteiger partial charge in [0.2, 0.25) is 11.0 Å². The fourth-order valence-corrected chi connectivity index (χ4v) is 2.89. The van der Waals surface area contributed by atoms with Crippen LogP contribution < -0.4 is 5.69 Å². The summed E-state index contributed by atoms with van der Waals surface area (Å²) in [5.41, 5.74) is -0.563. The standard InChI is InChI=1S/C11H8N2O5S/c14-9-6-13(11(15)12-9)19(16,17)10-5-7-3-1-2-4-8(7)18-10/h1-6,14H,(H,12,15). The summed E-state index contributed by atoms with van der Waals surface area (Å²) in [6.07, 6.45) is 0.783. The van der Waals surface area contributed by atoms with Gasteiger partial charge in [0.1, 0.15) is 5.58 Å². The summed E-state index contributed by atoms with van der Waals surface area (Å²) >= 11 is 0.